The van der Waals surface area contributed by atoms with Gasteiger partial charge in [0.25, 0.3) is 0 Å². The molecule has 1 N–H and O–H groups in total. The number of hydrogen-bond acceptors (Lipinski definition) is 4. The predicted molar refractivity (Wildman–Crippen MR) is 84.2 cm³/mol. The lowest BCUT2D eigenvalue weighted by atomic mass is 9.90. The molecule has 1 rings (SSSR count). The van der Waals surface area contributed by atoms with Gasteiger partial charge in [-0.05, 0) is 58.2 Å². The van der Waals surface area contributed by atoms with Gasteiger partial charge in [-0.1, -0.05) is 6.92 Å². The topological polar surface area (TPSA) is 33.7 Å². The van der Waals surface area contributed by atoms with E-state index in [1.54, 1.807) is 7.11 Å². The van der Waals surface area contributed by atoms with Crippen molar-refractivity contribution >= 4 is 0 Å². The highest BCUT2D eigenvalue weighted by Gasteiger charge is 2.23. The van der Waals surface area contributed by atoms with Crippen molar-refractivity contribution in [3.05, 3.63) is 0 Å². The quantitative estimate of drug-likeness (QED) is 0.590. The van der Waals surface area contributed by atoms with E-state index in [-0.39, 0.29) is 0 Å². The van der Waals surface area contributed by atoms with Crippen molar-refractivity contribution in [2.45, 2.75) is 45.6 Å². The maximum Gasteiger partial charge on any atom is 0.0593 e. The largest absolute Gasteiger partial charge is 0.385 e. The summed E-state index contributed by atoms with van der Waals surface area (Å²) < 4.78 is 10.6. The van der Waals surface area contributed by atoms with E-state index in [1.807, 2.05) is 0 Å². The van der Waals surface area contributed by atoms with Gasteiger partial charge < -0.3 is 19.7 Å². The van der Waals surface area contributed by atoms with Crippen LogP contribution in [-0.4, -0.2) is 64.1 Å². The molecule has 1 saturated heterocycles. The molecule has 0 aromatic rings. The van der Waals surface area contributed by atoms with Crippen LogP contribution in [0.25, 0.3) is 0 Å². The molecule has 1 heterocycles. The van der Waals surface area contributed by atoms with Crippen LogP contribution in [0.3, 0.4) is 0 Å². The summed E-state index contributed by atoms with van der Waals surface area (Å²) in [5.74, 6) is 0.848. The molecule has 120 valence electrons. The molecule has 1 fully saturated rings. The first-order valence-electron chi connectivity index (χ1n) is 8.30. The first-order chi connectivity index (χ1) is 9.77. The van der Waals surface area contributed by atoms with Gasteiger partial charge in [0.15, 0.2) is 0 Å². The third-order valence-electron chi connectivity index (χ3n) is 4.24. The minimum atomic E-state index is 0.669. The van der Waals surface area contributed by atoms with Gasteiger partial charge in [0.2, 0.25) is 0 Å². The van der Waals surface area contributed by atoms with E-state index in [2.05, 4.69) is 24.1 Å². The van der Waals surface area contributed by atoms with E-state index < -0.39 is 0 Å². The summed E-state index contributed by atoms with van der Waals surface area (Å²) in [7, 11) is 1.74. The SMILES string of the molecule is CCCNC(C)C1CCN(CCOCCCOC)CC1. The van der Waals surface area contributed by atoms with Crippen LogP contribution in [0.2, 0.25) is 0 Å². The van der Waals surface area contributed by atoms with Gasteiger partial charge >= 0.3 is 0 Å². The van der Waals surface area contributed by atoms with Gasteiger partial charge in [0.05, 0.1) is 6.61 Å². The summed E-state index contributed by atoms with van der Waals surface area (Å²) >= 11 is 0. The molecule has 0 radical (unpaired) electrons. The molecular weight excluding hydrogens is 252 g/mol. The number of methoxy groups -OCH3 is 1. The van der Waals surface area contributed by atoms with Gasteiger partial charge in [0.1, 0.15) is 0 Å². The Morgan fingerprint density at radius 3 is 2.60 bits per heavy atom. The fraction of sp³-hybridized carbons (Fsp3) is 1.00. The minimum Gasteiger partial charge on any atom is -0.385 e. The summed E-state index contributed by atoms with van der Waals surface area (Å²) in [6.07, 6.45) is 4.87. The summed E-state index contributed by atoms with van der Waals surface area (Å²) in [6.45, 7) is 11.7. The second-order valence-corrected chi connectivity index (χ2v) is 5.88. The summed E-state index contributed by atoms with van der Waals surface area (Å²) in [4.78, 5) is 2.54. The van der Waals surface area contributed by atoms with E-state index >= 15 is 0 Å². The smallest absolute Gasteiger partial charge is 0.0593 e. The lowest BCUT2D eigenvalue weighted by Gasteiger charge is -2.35. The number of rotatable bonds is 11. The monoisotopic (exact) mass is 286 g/mol. The van der Waals surface area contributed by atoms with Crippen LogP contribution in [0.15, 0.2) is 0 Å². The number of likely N-dealkylation sites (tertiary alicyclic amines) is 1. The highest BCUT2D eigenvalue weighted by Crippen LogP contribution is 2.20. The molecule has 1 aliphatic rings. The summed E-state index contributed by atoms with van der Waals surface area (Å²) in [5, 5.41) is 3.63. The molecule has 0 spiro atoms. The predicted octanol–water partition coefficient (Wildman–Crippen LogP) is 2.14. The zero-order chi connectivity index (χ0) is 14.6. The van der Waals surface area contributed by atoms with Crippen LogP contribution in [0, 0.1) is 5.92 Å². The van der Waals surface area contributed by atoms with Crippen molar-refractivity contribution in [1.29, 1.82) is 0 Å². The van der Waals surface area contributed by atoms with Gasteiger partial charge in [0, 0.05) is 32.9 Å². The molecule has 1 atom stereocenters. The molecule has 0 saturated carbocycles. The third-order valence-corrected chi connectivity index (χ3v) is 4.24. The zero-order valence-corrected chi connectivity index (χ0v) is 13.7. The minimum absolute atomic E-state index is 0.669. The Morgan fingerprint density at radius 1 is 1.20 bits per heavy atom. The average Bonchev–Trinajstić information content (AvgIpc) is 2.49. The molecule has 0 aromatic carbocycles. The first kappa shape index (κ1) is 17.9. The molecule has 4 nitrogen and oxygen atoms in total. The van der Waals surface area contributed by atoms with Crippen molar-refractivity contribution in [1.82, 2.24) is 10.2 Å². The van der Waals surface area contributed by atoms with E-state index in [0.29, 0.717) is 6.04 Å². The number of piperidine rings is 1. The molecule has 0 aromatic heterocycles. The highest BCUT2D eigenvalue weighted by molar-refractivity contribution is 4.79. The van der Waals surface area contributed by atoms with Crippen molar-refractivity contribution in [2.24, 2.45) is 5.92 Å². The number of hydrogen-bond donors (Lipinski definition) is 1. The first-order valence-corrected chi connectivity index (χ1v) is 8.30. The standard InChI is InChI=1S/C16H34N2O2/c1-4-8-17-15(2)16-6-9-18(10-7-16)11-14-20-13-5-12-19-3/h15-17H,4-14H2,1-3H3. The molecule has 20 heavy (non-hydrogen) atoms. The number of nitrogens with one attached hydrogen (secondary N) is 1. The Kier molecular flexibility index (Phi) is 10.3. The molecule has 4 heteroatoms. The van der Waals surface area contributed by atoms with E-state index in [0.717, 1.165) is 45.2 Å². The normalized spacial score (nSPS) is 19.4. The molecule has 0 aliphatic carbocycles. The third kappa shape index (κ3) is 7.58. The molecule has 0 bridgehead atoms. The Morgan fingerprint density at radius 2 is 1.95 bits per heavy atom. The Labute approximate surface area is 125 Å². The van der Waals surface area contributed by atoms with Crippen LogP contribution in [0.4, 0.5) is 0 Å². The van der Waals surface area contributed by atoms with Crippen LogP contribution in [0.1, 0.15) is 39.5 Å². The molecular formula is C16H34N2O2. The van der Waals surface area contributed by atoms with Crippen LogP contribution in [-0.2, 0) is 9.47 Å². The summed E-state index contributed by atoms with van der Waals surface area (Å²) in [6, 6.07) is 0.669. The van der Waals surface area contributed by atoms with E-state index in [1.165, 1.54) is 32.4 Å². The maximum atomic E-state index is 5.63. The van der Waals surface area contributed by atoms with Crippen LogP contribution >= 0.6 is 0 Å². The fourth-order valence-electron chi connectivity index (χ4n) is 2.82. The maximum absolute atomic E-state index is 5.63. The van der Waals surface area contributed by atoms with Crippen molar-refractivity contribution in [3.8, 4) is 0 Å². The summed E-state index contributed by atoms with van der Waals surface area (Å²) in [5.41, 5.74) is 0. The molecule has 1 aliphatic heterocycles. The van der Waals surface area contributed by atoms with Crippen LogP contribution < -0.4 is 5.32 Å². The van der Waals surface area contributed by atoms with Crippen molar-refractivity contribution in [3.63, 3.8) is 0 Å². The lowest BCUT2D eigenvalue weighted by Crippen LogP contribution is -2.43. The number of ether oxygens (including phenoxy) is 2. The fourth-order valence-corrected chi connectivity index (χ4v) is 2.82. The van der Waals surface area contributed by atoms with Crippen LogP contribution in [0.5, 0.6) is 0 Å². The Balaban J connectivity index is 2.01. The van der Waals surface area contributed by atoms with Crippen molar-refractivity contribution in [2.75, 3.05) is 53.1 Å². The van der Waals surface area contributed by atoms with Gasteiger partial charge in [-0.2, -0.15) is 0 Å². The second-order valence-electron chi connectivity index (χ2n) is 5.88. The average molecular weight is 286 g/mol. The zero-order valence-electron chi connectivity index (χ0n) is 13.7. The number of nitrogens with zero attached hydrogens (tertiary/aromatic N) is 1. The lowest BCUT2D eigenvalue weighted by molar-refractivity contribution is 0.0712. The second kappa shape index (κ2) is 11.5. The Hall–Kier alpha value is -0.160. The van der Waals surface area contributed by atoms with Gasteiger partial charge in [-0.25, -0.2) is 0 Å². The Bertz CT molecular complexity index is 219. The molecule has 1 unspecified atom stereocenters. The van der Waals surface area contributed by atoms with Gasteiger partial charge in [-0.3, -0.25) is 0 Å². The van der Waals surface area contributed by atoms with Crippen molar-refractivity contribution < 1.29 is 9.47 Å². The molecule has 0 amide bonds. The van der Waals surface area contributed by atoms with E-state index in [4.69, 9.17) is 9.47 Å². The van der Waals surface area contributed by atoms with E-state index in [9.17, 15) is 0 Å². The highest BCUT2D eigenvalue weighted by atomic mass is 16.5. The van der Waals surface area contributed by atoms with Gasteiger partial charge in [-0.15, -0.1) is 0 Å².